The molecule has 0 spiro atoms. The summed E-state index contributed by atoms with van der Waals surface area (Å²) in [5.41, 5.74) is 1.56. The highest BCUT2D eigenvalue weighted by molar-refractivity contribution is 5.96. The van der Waals surface area contributed by atoms with Gasteiger partial charge in [0.05, 0.1) is 14.2 Å². The number of nitrogens with one attached hydrogen (secondary N) is 3. The van der Waals surface area contributed by atoms with E-state index in [2.05, 4.69) is 30.7 Å². The number of carbonyl (C=O) groups excluding carboxylic acids is 1. The van der Waals surface area contributed by atoms with Gasteiger partial charge in [-0.25, -0.2) is 14.8 Å². The first-order valence-electron chi connectivity index (χ1n) is 17.9. The Balaban J connectivity index is 1.16. The number of fused-ring (bicyclic) bond motifs is 1. The van der Waals surface area contributed by atoms with Crippen LogP contribution < -0.4 is 25.4 Å². The maximum atomic E-state index is 12.9. The average molecular weight is 661 g/mol. The summed E-state index contributed by atoms with van der Waals surface area (Å²) in [6.07, 6.45) is 14.2. The summed E-state index contributed by atoms with van der Waals surface area (Å²) in [6.45, 7) is 13.5. The van der Waals surface area contributed by atoms with Crippen LogP contribution in [-0.2, 0) is 0 Å². The molecule has 2 amide bonds. The molecular formula is C37H56N8O3. The van der Waals surface area contributed by atoms with E-state index in [1.807, 2.05) is 39.0 Å². The Kier molecular flexibility index (Phi) is 12.7. The lowest BCUT2D eigenvalue weighted by molar-refractivity contribution is 0.129. The summed E-state index contributed by atoms with van der Waals surface area (Å²) in [6, 6.07) is 7.15. The lowest BCUT2D eigenvalue weighted by Gasteiger charge is -2.35. The number of methoxy groups -OCH3 is 2. The number of rotatable bonds is 13. The maximum Gasteiger partial charge on any atom is 0.320 e. The molecule has 2 fully saturated rings. The molecule has 3 N–H and O–H groups in total. The largest absolute Gasteiger partial charge is 0.497 e. The van der Waals surface area contributed by atoms with E-state index in [-0.39, 0.29) is 6.03 Å². The number of hydrogen-bond acceptors (Lipinski definition) is 9. The fourth-order valence-electron chi connectivity index (χ4n) is 6.80. The summed E-state index contributed by atoms with van der Waals surface area (Å²) < 4.78 is 11.0. The van der Waals surface area contributed by atoms with E-state index in [1.165, 1.54) is 71.0 Å². The molecule has 3 heterocycles. The number of ether oxygens (including phenoxy) is 2. The van der Waals surface area contributed by atoms with Crippen LogP contribution in [0.3, 0.4) is 0 Å². The Labute approximate surface area is 286 Å². The smallest absolute Gasteiger partial charge is 0.320 e. The van der Waals surface area contributed by atoms with Crippen molar-refractivity contribution in [2.75, 3.05) is 70.7 Å². The third-order valence-electron chi connectivity index (χ3n) is 9.41. The molecule has 11 nitrogen and oxygen atoms in total. The predicted octanol–water partition coefficient (Wildman–Crippen LogP) is 6.80. The van der Waals surface area contributed by atoms with E-state index in [1.54, 1.807) is 26.5 Å². The van der Waals surface area contributed by atoms with Crippen LogP contribution in [0.1, 0.15) is 78.6 Å². The summed E-state index contributed by atoms with van der Waals surface area (Å²) in [5.74, 6) is 3.14. The molecule has 1 saturated heterocycles. The maximum absolute atomic E-state index is 12.9. The van der Waals surface area contributed by atoms with Crippen molar-refractivity contribution in [2.45, 2.75) is 84.1 Å². The van der Waals surface area contributed by atoms with Crippen molar-refractivity contribution in [3.05, 3.63) is 30.5 Å². The fraction of sp³-hybridized carbons (Fsp3) is 0.622. The Bertz CT molecular complexity index is 1460. The van der Waals surface area contributed by atoms with Crippen LogP contribution in [-0.4, -0.2) is 96.4 Å². The van der Waals surface area contributed by atoms with Crippen LogP contribution >= 0.6 is 0 Å². The molecule has 48 heavy (non-hydrogen) atoms. The number of nitrogens with zero attached hydrogens (tertiary/aromatic N) is 5. The van der Waals surface area contributed by atoms with Crippen LogP contribution in [0.4, 0.5) is 16.6 Å². The van der Waals surface area contributed by atoms with Crippen molar-refractivity contribution in [1.82, 2.24) is 30.1 Å². The van der Waals surface area contributed by atoms with Gasteiger partial charge in [0.1, 0.15) is 17.3 Å². The number of amides is 2. The lowest BCUT2D eigenvalue weighted by Crippen LogP contribution is -2.47. The molecule has 2 aromatic heterocycles. The third-order valence-corrected chi connectivity index (χ3v) is 9.41. The van der Waals surface area contributed by atoms with Gasteiger partial charge in [-0.3, -0.25) is 5.32 Å². The van der Waals surface area contributed by atoms with Crippen molar-refractivity contribution in [2.24, 2.45) is 5.92 Å². The predicted molar refractivity (Wildman–Crippen MR) is 194 cm³/mol. The number of hydrogen-bond donors (Lipinski definition) is 3. The van der Waals surface area contributed by atoms with E-state index < -0.39 is 5.54 Å². The number of aromatic nitrogens is 3. The van der Waals surface area contributed by atoms with Gasteiger partial charge >= 0.3 is 6.03 Å². The van der Waals surface area contributed by atoms with Gasteiger partial charge < -0.3 is 29.9 Å². The van der Waals surface area contributed by atoms with E-state index in [0.717, 1.165) is 49.5 Å². The van der Waals surface area contributed by atoms with Crippen molar-refractivity contribution >= 4 is 28.8 Å². The van der Waals surface area contributed by atoms with Gasteiger partial charge in [-0.05, 0) is 82.8 Å². The highest BCUT2D eigenvalue weighted by Crippen LogP contribution is 2.35. The van der Waals surface area contributed by atoms with Gasteiger partial charge in [0, 0.05) is 61.5 Å². The molecule has 3 aromatic rings. The molecular weight excluding hydrogens is 604 g/mol. The average Bonchev–Trinajstić information content (AvgIpc) is 3.35. The molecule has 11 heteroatoms. The van der Waals surface area contributed by atoms with Gasteiger partial charge in [0.25, 0.3) is 0 Å². The molecule has 0 unspecified atom stereocenters. The van der Waals surface area contributed by atoms with Crippen molar-refractivity contribution in [3.63, 3.8) is 0 Å². The molecule has 0 atom stereocenters. The molecule has 2 aliphatic rings. The van der Waals surface area contributed by atoms with E-state index in [0.29, 0.717) is 34.5 Å². The summed E-state index contributed by atoms with van der Waals surface area (Å²) in [7, 11) is 3.21. The fourth-order valence-corrected chi connectivity index (χ4v) is 6.80. The Morgan fingerprint density at radius 3 is 2.15 bits per heavy atom. The quantitative estimate of drug-likeness (QED) is 0.134. The van der Waals surface area contributed by atoms with E-state index in [9.17, 15) is 4.79 Å². The molecule has 262 valence electrons. The first-order valence-corrected chi connectivity index (χ1v) is 17.9. The minimum Gasteiger partial charge on any atom is -0.497 e. The highest BCUT2D eigenvalue weighted by atomic mass is 16.5. The zero-order valence-corrected chi connectivity index (χ0v) is 29.7. The standard InChI is InChI=1S/C37H56N8O3/c1-37(2,3)43-36(46)42-34-32(28-22-30(47-4)25-31(23-28)48-5)24-29-26-39-35(41-33(29)40-34)38-15-11-17-45-20-18-44(19-21-45)16-10-14-27-12-8-6-7-9-13-27/h22-27H,6-21H2,1-5H3,(H3,38,39,40,41,42,43,46). The van der Waals surface area contributed by atoms with E-state index in [4.69, 9.17) is 19.4 Å². The Morgan fingerprint density at radius 1 is 0.875 bits per heavy atom. The van der Waals surface area contributed by atoms with Crippen LogP contribution in [0, 0.1) is 5.92 Å². The van der Waals surface area contributed by atoms with Gasteiger partial charge in [0.15, 0.2) is 5.65 Å². The van der Waals surface area contributed by atoms with Gasteiger partial charge in [-0.2, -0.15) is 4.98 Å². The summed E-state index contributed by atoms with van der Waals surface area (Å²) in [4.78, 5) is 32.2. The number of urea groups is 1. The molecule has 1 saturated carbocycles. The number of carbonyl (C=O) groups is 1. The summed E-state index contributed by atoms with van der Waals surface area (Å²) in [5, 5.41) is 10.0. The van der Waals surface area contributed by atoms with Gasteiger partial charge in [-0.15, -0.1) is 0 Å². The van der Waals surface area contributed by atoms with Gasteiger partial charge in [0.2, 0.25) is 5.95 Å². The third kappa shape index (κ3) is 10.7. The first kappa shape index (κ1) is 35.6. The number of anilines is 2. The normalized spacial score (nSPS) is 16.8. The van der Waals surface area contributed by atoms with Gasteiger partial charge in [-0.1, -0.05) is 38.5 Å². The van der Waals surface area contributed by atoms with Crippen LogP contribution in [0.5, 0.6) is 11.5 Å². The molecule has 1 aliphatic carbocycles. The second kappa shape index (κ2) is 17.1. The van der Waals surface area contributed by atoms with Crippen molar-refractivity contribution in [1.29, 1.82) is 0 Å². The van der Waals surface area contributed by atoms with Crippen molar-refractivity contribution < 1.29 is 14.3 Å². The minimum absolute atomic E-state index is 0.353. The highest BCUT2D eigenvalue weighted by Gasteiger charge is 2.20. The monoisotopic (exact) mass is 660 g/mol. The lowest BCUT2D eigenvalue weighted by atomic mass is 9.95. The summed E-state index contributed by atoms with van der Waals surface area (Å²) >= 11 is 0. The Morgan fingerprint density at radius 2 is 1.52 bits per heavy atom. The zero-order chi connectivity index (χ0) is 33.9. The minimum atomic E-state index is -0.416. The Hall–Kier alpha value is -3.70. The topological polar surface area (TPSA) is 117 Å². The SMILES string of the molecule is COc1cc(OC)cc(-c2cc3cnc(NCCCN4CCN(CCCC5CCCCCC5)CC4)nc3nc2NC(=O)NC(C)(C)C)c1. The first-order chi connectivity index (χ1) is 23.2. The zero-order valence-electron chi connectivity index (χ0n) is 29.7. The second-order valence-corrected chi connectivity index (χ2v) is 14.4. The van der Waals surface area contributed by atoms with Crippen LogP contribution in [0.15, 0.2) is 30.5 Å². The number of pyridine rings is 1. The van der Waals surface area contributed by atoms with Crippen molar-refractivity contribution in [3.8, 4) is 22.6 Å². The molecule has 5 rings (SSSR count). The second-order valence-electron chi connectivity index (χ2n) is 14.4. The van der Waals surface area contributed by atoms with E-state index >= 15 is 0 Å². The molecule has 0 bridgehead atoms. The number of piperazine rings is 1. The number of benzene rings is 1. The molecule has 1 aliphatic heterocycles. The van der Waals surface area contributed by atoms with Crippen LogP contribution in [0.25, 0.3) is 22.2 Å². The molecule has 0 radical (unpaired) electrons. The molecule has 1 aromatic carbocycles. The van der Waals surface area contributed by atoms with Crippen LogP contribution in [0.2, 0.25) is 0 Å².